The van der Waals surface area contributed by atoms with Crippen LogP contribution in [0.5, 0.6) is 0 Å². The second kappa shape index (κ2) is 5.43. The third-order valence-corrected chi connectivity index (χ3v) is 3.10. The number of aliphatic hydroxyl groups excluding tert-OH is 1. The highest BCUT2D eigenvalue weighted by atomic mass is 16.3. The molecule has 0 radical (unpaired) electrons. The number of nitrogens with two attached hydrogens (primary N) is 1. The van der Waals surface area contributed by atoms with E-state index >= 15 is 0 Å². The minimum absolute atomic E-state index is 0.157. The number of likely N-dealkylation sites (N-methyl/N-ethyl adjacent to an activating group) is 1. The number of hydrogen-bond donors (Lipinski definition) is 2. The lowest BCUT2D eigenvalue weighted by atomic mass is 10.0. The van der Waals surface area contributed by atoms with Gasteiger partial charge in [-0.1, -0.05) is 24.3 Å². The fourth-order valence-electron chi connectivity index (χ4n) is 1.39. The van der Waals surface area contributed by atoms with Gasteiger partial charge in [0.1, 0.15) is 0 Å². The lowest BCUT2D eigenvalue weighted by Crippen LogP contribution is -2.43. The average molecular weight is 222 g/mol. The third-order valence-electron chi connectivity index (χ3n) is 3.10. The van der Waals surface area contributed by atoms with Gasteiger partial charge in [-0.05, 0) is 32.0 Å². The molecule has 0 aliphatic rings. The van der Waals surface area contributed by atoms with Crippen LogP contribution in [-0.2, 0) is 13.1 Å². The van der Waals surface area contributed by atoms with Crippen molar-refractivity contribution in [2.75, 3.05) is 13.7 Å². The highest BCUT2D eigenvalue weighted by Gasteiger charge is 2.22. The molecule has 0 bridgehead atoms. The van der Waals surface area contributed by atoms with E-state index in [1.165, 1.54) is 5.56 Å². The molecule has 0 amide bonds. The maximum atomic E-state index is 9.27. The summed E-state index contributed by atoms with van der Waals surface area (Å²) in [5.74, 6) is 0. The Kier molecular flexibility index (Phi) is 4.47. The normalized spacial score (nSPS) is 12.1. The van der Waals surface area contributed by atoms with Crippen LogP contribution in [0, 0.1) is 0 Å². The molecule has 0 aliphatic carbocycles. The molecule has 0 saturated heterocycles. The van der Waals surface area contributed by atoms with E-state index in [1.807, 2.05) is 20.9 Å². The monoisotopic (exact) mass is 222 g/mol. The smallest absolute Gasteiger partial charge is 0.0610 e. The Labute approximate surface area is 97.9 Å². The van der Waals surface area contributed by atoms with Crippen molar-refractivity contribution in [3.63, 3.8) is 0 Å². The molecule has 0 fully saturated rings. The van der Waals surface area contributed by atoms with E-state index in [9.17, 15) is 5.11 Å². The molecule has 0 unspecified atom stereocenters. The van der Waals surface area contributed by atoms with Crippen molar-refractivity contribution in [1.29, 1.82) is 0 Å². The fraction of sp³-hybridized carbons (Fsp3) is 0.538. The van der Waals surface area contributed by atoms with Gasteiger partial charge in [0.2, 0.25) is 0 Å². The first-order valence-electron chi connectivity index (χ1n) is 5.59. The first kappa shape index (κ1) is 13.2. The lowest BCUT2D eigenvalue weighted by Gasteiger charge is -2.33. The second-order valence-corrected chi connectivity index (χ2v) is 4.85. The standard InChI is InChI=1S/C13H22N2O/c1-13(2,10-16)15(3)9-12-6-4-11(8-14)5-7-12/h4-7,16H,8-10,14H2,1-3H3. The molecular formula is C13H22N2O. The van der Waals surface area contributed by atoms with Crippen LogP contribution in [0.15, 0.2) is 24.3 Å². The van der Waals surface area contributed by atoms with Gasteiger partial charge in [-0.25, -0.2) is 0 Å². The quantitative estimate of drug-likeness (QED) is 0.790. The summed E-state index contributed by atoms with van der Waals surface area (Å²) in [6, 6.07) is 8.28. The molecular weight excluding hydrogens is 200 g/mol. The molecule has 0 spiro atoms. The van der Waals surface area contributed by atoms with Gasteiger partial charge in [0.15, 0.2) is 0 Å². The van der Waals surface area contributed by atoms with Gasteiger partial charge < -0.3 is 10.8 Å². The van der Waals surface area contributed by atoms with E-state index < -0.39 is 0 Å². The van der Waals surface area contributed by atoms with E-state index in [1.54, 1.807) is 0 Å². The van der Waals surface area contributed by atoms with Gasteiger partial charge in [0, 0.05) is 18.6 Å². The maximum absolute atomic E-state index is 9.27. The van der Waals surface area contributed by atoms with E-state index in [0.29, 0.717) is 6.54 Å². The van der Waals surface area contributed by atoms with Crippen molar-refractivity contribution in [1.82, 2.24) is 4.90 Å². The number of nitrogens with zero attached hydrogens (tertiary/aromatic N) is 1. The molecule has 1 rings (SSSR count). The zero-order chi connectivity index (χ0) is 12.2. The van der Waals surface area contributed by atoms with Crippen molar-refractivity contribution >= 4 is 0 Å². The first-order valence-corrected chi connectivity index (χ1v) is 5.59. The van der Waals surface area contributed by atoms with Crippen molar-refractivity contribution in [2.24, 2.45) is 5.73 Å². The lowest BCUT2D eigenvalue weighted by molar-refractivity contribution is 0.0734. The molecule has 90 valence electrons. The van der Waals surface area contributed by atoms with Gasteiger partial charge in [0.05, 0.1) is 6.61 Å². The predicted molar refractivity (Wildman–Crippen MR) is 67.0 cm³/mol. The van der Waals surface area contributed by atoms with Gasteiger partial charge in [-0.2, -0.15) is 0 Å². The van der Waals surface area contributed by atoms with E-state index in [4.69, 9.17) is 5.73 Å². The molecule has 1 aromatic carbocycles. The minimum atomic E-state index is -0.188. The first-order chi connectivity index (χ1) is 7.49. The van der Waals surface area contributed by atoms with Crippen molar-refractivity contribution in [3.05, 3.63) is 35.4 Å². The summed E-state index contributed by atoms with van der Waals surface area (Å²) in [6.07, 6.45) is 0. The molecule has 1 aromatic rings. The summed E-state index contributed by atoms with van der Waals surface area (Å²) in [5, 5.41) is 9.27. The van der Waals surface area contributed by atoms with Crippen LogP contribution < -0.4 is 5.73 Å². The van der Waals surface area contributed by atoms with Crippen molar-refractivity contribution in [3.8, 4) is 0 Å². The number of hydrogen-bond acceptors (Lipinski definition) is 3. The molecule has 0 aromatic heterocycles. The Hall–Kier alpha value is -0.900. The largest absolute Gasteiger partial charge is 0.394 e. The summed E-state index contributed by atoms with van der Waals surface area (Å²) in [7, 11) is 2.02. The Balaban J connectivity index is 2.66. The summed E-state index contributed by atoms with van der Waals surface area (Å²) < 4.78 is 0. The summed E-state index contributed by atoms with van der Waals surface area (Å²) in [6.45, 7) is 5.63. The molecule has 0 atom stereocenters. The van der Waals surface area contributed by atoms with Crippen LogP contribution >= 0.6 is 0 Å². The molecule has 3 nitrogen and oxygen atoms in total. The van der Waals surface area contributed by atoms with Crippen LogP contribution in [0.2, 0.25) is 0 Å². The fourth-order valence-corrected chi connectivity index (χ4v) is 1.39. The zero-order valence-electron chi connectivity index (χ0n) is 10.4. The Morgan fingerprint density at radius 3 is 2.12 bits per heavy atom. The Morgan fingerprint density at radius 1 is 1.19 bits per heavy atom. The topological polar surface area (TPSA) is 49.5 Å². The molecule has 0 heterocycles. The Bertz CT molecular complexity index is 319. The van der Waals surface area contributed by atoms with Gasteiger partial charge in [-0.3, -0.25) is 4.90 Å². The van der Waals surface area contributed by atoms with Gasteiger partial charge >= 0.3 is 0 Å². The van der Waals surface area contributed by atoms with Crippen LogP contribution in [0.3, 0.4) is 0 Å². The van der Waals surface area contributed by atoms with E-state index in [0.717, 1.165) is 12.1 Å². The molecule has 0 aliphatic heterocycles. The highest BCUT2D eigenvalue weighted by Crippen LogP contribution is 2.15. The molecule has 3 N–H and O–H groups in total. The van der Waals surface area contributed by atoms with Crippen LogP contribution in [0.1, 0.15) is 25.0 Å². The minimum Gasteiger partial charge on any atom is -0.394 e. The van der Waals surface area contributed by atoms with E-state index in [2.05, 4.69) is 29.2 Å². The SMILES string of the molecule is CN(Cc1ccc(CN)cc1)C(C)(C)CO. The van der Waals surface area contributed by atoms with Crippen LogP contribution in [0.4, 0.5) is 0 Å². The number of rotatable bonds is 5. The van der Waals surface area contributed by atoms with Crippen LogP contribution in [-0.4, -0.2) is 29.2 Å². The highest BCUT2D eigenvalue weighted by molar-refractivity contribution is 5.22. The van der Waals surface area contributed by atoms with Gasteiger partial charge in [-0.15, -0.1) is 0 Å². The van der Waals surface area contributed by atoms with Crippen LogP contribution in [0.25, 0.3) is 0 Å². The Morgan fingerprint density at radius 2 is 1.69 bits per heavy atom. The molecule has 3 heteroatoms. The predicted octanol–water partition coefficient (Wildman–Crippen LogP) is 1.35. The van der Waals surface area contributed by atoms with Crippen molar-refractivity contribution in [2.45, 2.75) is 32.5 Å². The summed E-state index contributed by atoms with van der Waals surface area (Å²) >= 11 is 0. The second-order valence-electron chi connectivity index (χ2n) is 4.85. The number of benzene rings is 1. The summed E-state index contributed by atoms with van der Waals surface area (Å²) in [5.41, 5.74) is 7.74. The van der Waals surface area contributed by atoms with Crippen molar-refractivity contribution < 1.29 is 5.11 Å². The molecule has 0 saturated carbocycles. The average Bonchev–Trinajstić information content (AvgIpc) is 2.30. The van der Waals surface area contributed by atoms with E-state index in [-0.39, 0.29) is 12.1 Å². The third kappa shape index (κ3) is 3.30. The number of aliphatic hydroxyl groups is 1. The summed E-state index contributed by atoms with van der Waals surface area (Å²) in [4.78, 5) is 2.14. The van der Waals surface area contributed by atoms with Gasteiger partial charge in [0.25, 0.3) is 0 Å². The molecule has 16 heavy (non-hydrogen) atoms. The maximum Gasteiger partial charge on any atom is 0.0610 e. The zero-order valence-corrected chi connectivity index (χ0v) is 10.4.